The fraction of sp³-hybridized carbons (Fsp3) is 0.698. The molecule has 322 valence electrons. The molecule has 2 aliphatic heterocycles. The lowest BCUT2D eigenvalue weighted by atomic mass is 9.92. The van der Waals surface area contributed by atoms with Crippen molar-refractivity contribution in [1.82, 2.24) is 14.6 Å². The number of nitriles is 1. The molecule has 13 nitrogen and oxygen atoms in total. The van der Waals surface area contributed by atoms with E-state index < -0.39 is 42.5 Å². The molecular weight excluding hydrogens is 778 g/mol. The first-order valence-electron chi connectivity index (χ1n) is 21.5. The van der Waals surface area contributed by atoms with Crippen LogP contribution < -0.4 is 5.73 Å². The van der Waals surface area contributed by atoms with Crippen molar-refractivity contribution in [2.75, 3.05) is 32.2 Å². The van der Waals surface area contributed by atoms with Crippen molar-refractivity contribution < 1.29 is 37.6 Å². The SMILES string of the molecule is CCCCCCCCCCCCCCCCCCOC[C@H](CO[P@@](O)(=S)OC[C@H]1O[C@@](C#N)(c2ccc3c(N)ncnn23)[C@@H]2OC(C)(C)O[C@@H]21)OCc1ccccc1. The number of benzene rings is 1. The second-order valence-corrected chi connectivity index (χ2v) is 18.9. The summed E-state index contributed by atoms with van der Waals surface area (Å²) in [7, 11) is 0. The van der Waals surface area contributed by atoms with Crippen LogP contribution in [0.1, 0.15) is 135 Å². The number of nitrogens with two attached hydrogens (primary N) is 1. The van der Waals surface area contributed by atoms with Gasteiger partial charge in [-0.3, -0.25) is 0 Å². The lowest BCUT2D eigenvalue weighted by Gasteiger charge is -2.29. The molecule has 0 unspecified atom stereocenters. The van der Waals surface area contributed by atoms with Crippen LogP contribution in [0, 0.1) is 11.3 Å². The molecule has 5 rings (SSSR count). The van der Waals surface area contributed by atoms with Gasteiger partial charge in [-0.25, -0.2) is 9.50 Å². The minimum Gasteiger partial charge on any atom is -0.382 e. The van der Waals surface area contributed by atoms with Crippen LogP contribution in [0.3, 0.4) is 0 Å². The molecule has 0 aliphatic carbocycles. The fourth-order valence-corrected chi connectivity index (χ4v) is 8.88. The second kappa shape index (κ2) is 23.5. The Hall–Kier alpha value is -2.54. The Balaban J connectivity index is 1.04. The molecule has 2 fully saturated rings. The van der Waals surface area contributed by atoms with Gasteiger partial charge in [0.15, 0.2) is 11.6 Å². The van der Waals surface area contributed by atoms with Crippen LogP contribution in [0.15, 0.2) is 48.8 Å². The molecule has 0 spiro atoms. The number of ether oxygens (including phenoxy) is 5. The number of fused-ring (bicyclic) bond motifs is 2. The van der Waals surface area contributed by atoms with Gasteiger partial charge in [0.1, 0.15) is 42.3 Å². The van der Waals surface area contributed by atoms with Crippen molar-refractivity contribution in [2.24, 2.45) is 0 Å². The predicted molar refractivity (Wildman–Crippen MR) is 227 cm³/mol. The lowest BCUT2D eigenvalue weighted by molar-refractivity contribution is -0.204. The van der Waals surface area contributed by atoms with Crippen LogP contribution in [0.2, 0.25) is 0 Å². The van der Waals surface area contributed by atoms with Crippen LogP contribution in [0.4, 0.5) is 5.82 Å². The van der Waals surface area contributed by atoms with Gasteiger partial charge in [0.25, 0.3) is 0 Å². The Bertz CT molecular complexity index is 1740. The summed E-state index contributed by atoms with van der Waals surface area (Å²) in [6.45, 7) is 2.98. The molecule has 3 aromatic rings. The zero-order chi connectivity index (χ0) is 41.3. The van der Waals surface area contributed by atoms with Crippen molar-refractivity contribution in [1.29, 1.82) is 5.26 Å². The van der Waals surface area contributed by atoms with E-state index in [1.54, 1.807) is 26.0 Å². The normalized spacial score (nSPS) is 22.8. The summed E-state index contributed by atoms with van der Waals surface area (Å²) in [5.41, 5.74) is 6.36. The number of rotatable bonds is 29. The number of aromatic nitrogens is 3. The highest BCUT2D eigenvalue weighted by Crippen LogP contribution is 2.51. The minimum atomic E-state index is -3.80. The first kappa shape index (κ1) is 46.5. The summed E-state index contributed by atoms with van der Waals surface area (Å²) in [6.07, 6.45) is 19.5. The minimum absolute atomic E-state index is 0.0385. The number of hydrogen-bond donors (Lipinski definition) is 2. The Morgan fingerprint density at radius 2 is 1.52 bits per heavy atom. The van der Waals surface area contributed by atoms with E-state index in [1.165, 1.54) is 101 Å². The maximum Gasteiger partial charge on any atom is 0.324 e. The zero-order valence-corrected chi connectivity index (χ0v) is 36.5. The zero-order valence-electron chi connectivity index (χ0n) is 34.8. The maximum atomic E-state index is 11.2. The van der Waals surface area contributed by atoms with Crippen LogP contribution >= 0.6 is 6.72 Å². The molecule has 58 heavy (non-hydrogen) atoms. The Morgan fingerprint density at radius 3 is 2.16 bits per heavy atom. The number of nitrogen functional groups attached to an aromatic ring is 1. The van der Waals surface area contributed by atoms with E-state index in [4.69, 9.17) is 50.3 Å². The molecule has 2 aromatic heterocycles. The van der Waals surface area contributed by atoms with Gasteiger partial charge in [0.05, 0.1) is 32.1 Å². The molecule has 0 saturated carbocycles. The van der Waals surface area contributed by atoms with Gasteiger partial charge in [-0.15, -0.1) is 0 Å². The van der Waals surface area contributed by atoms with Crippen molar-refractivity contribution in [3.05, 3.63) is 60.0 Å². The standard InChI is InChI=1S/C43H66N5O8PS/c1-4-5-6-7-8-9-10-11-12-13-14-15-16-17-18-22-27-50-29-35(51-28-34-23-20-19-21-24-34)30-52-57(49,58)53-31-37-39-40(56-42(2,3)55-39)43(32-44,54-37)38-26-25-36-41(45)46-33-47-48(36)38/h19-21,23-26,33,35,37,39-40H,4-18,22,27-31H2,1-3H3,(H,49,58)(H2,45,46,47)/t35-,37-,39-,40-,43+,57-/m1/s1. The first-order valence-corrected chi connectivity index (χ1v) is 24.0. The number of nitrogens with zero attached hydrogens (tertiary/aromatic N) is 4. The third-order valence-corrected chi connectivity index (χ3v) is 12.4. The molecule has 4 heterocycles. The van der Waals surface area contributed by atoms with Crippen LogP contribution in [0.25, 0.3) is 5.52 Å². The fourth-order valence-electron chi connectivity index (χ4n) is 7.75. The van der Waals surface area contributed by atoms with E-state index in [-0.39, 0.29) is 25.6 Å². The van der Waals surface area contributed by atoms with E-state index >= 15 is 0 Å². The van der Waals surface area contributed by atoms with Crippen molar-refractivity contribution in [3.8, 4) is 6.07 Å². The molecule has 6 atom stereocenters. The number of unbranched alkanes of at least 4 members (excludes halogenated alkanes) is 15. The third kappa shape index (κ3) is 13.7. The van der Waals surface area contributed by atoms with Gasteiger partial charge < -0.3 is 43.4 Å². The average molecular weight is 844 g/mol. The monoisotopic (exact) mass is 843 g/mol. The Labute approximate surface area is 350 Å². The maximum absolute atomic E-state index is 11.2. The number of hydrogen-bond acceptors (Lipinski definition) is 12. The highest BCUT2D eigenvalue weighted by atomic mass is 32.5. The first-order chi connectivity index (χ1) is 28.1. The number of anilines is 1. The van der Waals surface area contributed by atoms with E-state index in [0.717, 1.165) is 18.4 Å². The van der Waals surface area contributed by atoms with E-state index in [2.05, 4.69) is 23.1 Å². The summed E-state index contributed by atoms with van der Waals surface area (Å²) in [4.78, 5) is 15.2. The van der Waals surface area contributed by atoms with Crippen LogP contribution in [-0.4, -0.2) is 76.1 Å². The summed E-state index contributed by atoms with van der Waals surface area (Å²) in [5.74, 6) is -0.770. The summed E-state index contributed by atoms with van der Waals surface area (Å²) >= 11 is 5.44. The van der Waals surface area contributed by atoms with Crippen LogP contribution in [-0.2, 0) is 56.7 Å². The topological polar surface area (TPSA) is 165 Å². The third-order valence-electron chi connectivity index (χ3n) is 10.9. The van der Waals surface area contributed by atoms with Gasteiger partial charge in [0, 0.05) is 6.61 Å². The molecular formula is C43H66N5O8PS. The van der Waals surface area contributed by atoms with Gasteiger partial charge in [0.2, 0.25) is 5.60 Å². The van der Waals surface area contributed by atoms with Crippen molar-refractivity contribution in [3.63, 3.8) is 0 Å². The largest absolute Gasteiger partial charge is 0.382 e. The predicted octanol–water partition coefficient (Wildman–Crippen LogP) is 9.06. The molecule has 3 N–H and O–H groups in total. The molecule has 0 radical (unpaired) electrons. The van der Waals surface area contributed by atoms with Crippen molar-refractivity contribution in [2.45, 2.75) is 166 Å². The lowest BCUT2D eigenvalue weighted by Crippen LogP contribution is -2.40. The average Bonchev–Trinajstić information content (AvgIpc) is 3.88. The van der Waals surface area contributed by atoms with Crippen LogP contribution in [0.5, 0.6) is 0 Å². The summed E-state index contributed by atoms with van der Waals surface area (Å²) in [5, 5.41) is 14.9. The van der Waals surface area contributed by atoms with E-state index in [0.29, 0.717) is 24.4 Å². The molecule has 0 bridgehead atoms. The Morgan fingerprint density at radius 1 is 0.879 bits per heavy atom. The van der Waals surface area contributed by atoms with E-state index in [9.17, 15) is 10.2 Å². The van der Waals surface area contributed by atoms with Gasteiger partial charge >= 0.3 is 6.72 Å². The molecule has 0 amide bonds. The van der Waals surface area contributed by atoms with Gasteiger partial charge in [-0.2, -0.15) is 10.4 Å². The summed E-state index contributed by atoms with van der Waals surface area (Å²) in [6, 6.07) is 15.6. The Kier molecular flexibility index (Phi) is 18.8. The molecule has 2 aliphatic rings. The van der Waals surface area contributed by atoms with Gasteiger partial charge in [-0.1, -0.05) is 134 Å². The molecule has 2 saturated heterocycles. The van der Waals surface area contributed by atoms with Crippen molar-refractivity contribution >= 4 is 29.9 Å². The smallest absolute Gasteiger partial charge is 0.324 e. The van der Waals surface area contributed by atoms with Gasteiger partial charge in [-0.05, 0) is 49.8 Å². The second-order valence-electron chi connectivity index (χ2n) is 16.0. The summed E-state index contributed by atoms with van der Waals surface area (Å²) < 4.78 is 44.3. The highest BCUT2D eigenvalue weighted by molar-refractivity contribution is 8.07. The quantitative estimate of drug-likeness (QED) is 0.0503. The molecule has 15 heteroatoms. The highest BCUT2D eigenvalue weighted by Gasteiger charge is 2.65. The molecule has 1 aromatic carbocycles. The van der Waals surface area contributed by atoms with E-state index in [1.807, 2.05) is 30.3 Å².